The Balaban J connectivity index is -0.0000000146. The summed E-state index contributed by atoms with van der Waals surface area (Å²) in [5.41, 5.74) is 8.50. The molecule has 0 atom stereocenters. The van der Waals surface area contributed by atoms with Crippen LogP contribution in [0, 0.1) is 0 Å². The standard InChI is InChI=1S/CH4N2O.ClH.K.2H3N.H3O4P/c2-1(3)4;;;;;1-5(2,3)4/h(H4,2,3,4);1H;;2*1H3;(H3,1,2,3,4)/q;;+1;;;/p-1. The van der Waals surface area contributed by atoms with Crippen molar-refractivity contribution in [2.24, 2.45) is 11.5 Å². The van der Waals surface area contributed by atoms with Crippen LogP contribution in [-0.4, -0.2) is 15.8 Å². The molecule has 0 saturated heterocycles. The minimum absolute atomic E-state index is 0. The van der Waals surface area contributed by atoms with Crippen molar-refractivity contribution < 1.29 is 75.4 Å². The third-order valence-corrected chi connectivity index (χ3v) is 0. The van der Waals surface area contributed by atoms with Crippen molar-refractivity contribution in [1.82, 2.24) is 12.3 Å². The van der Waals surface area contributed by atoms with Crippen LogP contribution >= 0.6 is 20.2 Å². The van der Waals surface area contributed by atoms with Gasteiger partial charge in [-0.3, -0.25) is 4.57 Å². The fourth-order valence-electron chi connectivity index (χ4n) is 0. The van der Waals surface area contributed by atoms with E-state index in [1.807, 2.05) is 0 Å². The fourth-order valence-corrected chi connectivity index (χ4v) is 0. The van der Waals surface area contributed by atoms with Crippen LogP contribution in [0.1, 0.15) is 0 Å². The molecule has 0 aromatic heterocycles. The van der Waals surface area contributed by atoms with Gasteiger partial charge in [-0.25, -0.2) is 4.79 Å². The molecule has 0 heterocycles. The summed E-state index contributed by atoms with van der Waals surface area (Å²) in [6.07, 6.45) is 0. The van der Waals surface area contributed by atoms with Gasteiger partial charge in [0.15, 0.2) is 0 Å². The summed E-state index contributed by atoms with van der Waals surface area (Å²) in [7, 11) is -4.89. The number of carbonyl (C=O) groups is 1. The van der Waals surface area contributed by atoms with E-state index in [0.717, 1.165) is 0 Å². The van der Waals surface area contributed by atoms with Crippen LogP contribution in [-0.2, 0) is 4.57 Å². The Labute approximate surface area is 124 Å². The van der Waals surface area contributed by atoms with E-state index in [0.29, 0.717) is 0 Å². The summed E-state index contributed by atoms with van der Waals surface area (Å²) in [5.74, 6) is 0. The van der Waals surface area contributed by atoms with Crippen LogP contribution in [0.15, 0.2) is 0 Å². The first-order valence-corrected chi connectivity index (χ1v) is 3.08. The Morgan fingerprint density at radius 1 is 1.23 bits per heavy atom. The zero-order valence-electron chi connectivity index (χ0n) is 7.04. The molecule has 0 radical (unpaired) electrons. The zero-order valence-corrected chi connectivity index (χ0v) is 11.9. The number of hydrogen-bond donors (Lipinski definition) is 6. The molecule has 0 unspecified atom stereocenters. The molecule has 12 N–H and O–H groups in total. The van der Waals surface area contributed by atoms with Crippen LogP contribution in [0.25, 0.3) is 0 Å². The molecule has 0 saturated carbocycles. The summed E-state index contributed by atoms with van der Waals surface area (Å²) in [6.45, 7) is 0. The molecule has 0 aliphatic heterocycles. The molecule has 9 nitrogen and oxygen atoms in total. The average Bonchev–Trinajstić information content (AvgIpc) is 1.19. The van der Waals surface area contributed by atoms with Gasteiger partial charge in [-0.1, -0.05) is 0 Å². The normalized spacial score (nSPS) is 6.38. The van der Waals surface area contributed by atoms with Gasteiger partial charge in [-0.05, 0) is 0 Å². The van der Waals surface area contributed by atoms with Gasteiger partial charge >= 0.3 is 57.4 Å². The summed E-state index contributed by atoms with van der Waals surface area (Å²) in [5, 5.41) is 0. The number of halogens is 1. The minimum atomic E-state index is -4.89. The van der Waals surface area contributed by atoms with Gasteiger partial charge in [0.2, 0.25) is 0 Å². The molecule has 0 aliphatic carbocycles. The Morgan fingerprint density at radius 2 is 1.23 bits per heavy atom. The second-order valence-corrected chi connectivity index (χ2v) is 1.87. The van der Waals surface area contributed by atoms with E-state index in [1.54, 1.807) is 0 Å². The molecule has 0 rings (SSSR count). The Morgan fingerprint density at radius 3 is 1.23 bits per heavy atom. The second-order valence-electron chi connectivity index (χ2n) is 0.893. The molecule has 0 aromatic rings. The molecule has 0 spiro atoms. The summed E-state index contributed by atoms with van der Waals surface area (Å²) >= 11 is 0. The quantitative estimate of drug-likeness (QED) is 0.185. The zero-order chi connectivity index (χ0) is 8.08. The van der Waals surface area contributed by atoms with E-state index >= 15 is 0 Å². The van der Waals surface area contributed by atoms with Crippen molar-refractivity contribution in [3.63, 3.8) is 0 Å². The molecule has 0 aromatic carbocycles. The van der Waals surface area contributed by atoms with Gasteiger partial charge in [0.25, 0.3) is 7.82 Å². The van der Waals surface area contributed by atoms with Crippen LogP contribution in [0.2, 0.25) is 0 Å². The van der Waals surface area contributed by atoms with Gasteiger partial charge in [0, 0.05) is 0 Å². The second kappa shape index (κ2) is 18.9. The van der Waals surface area contributed by atoms with Gasteiger partial charge < -0.3 is 38.4 Å². The minimum Gasteiger partial charge on any atom is -0.756 e. The van der Waals surface area contributed by atoms with Crippen LogP contribution in [0.5, 0.6) is 0 Å². The maximum atomic E-state index is 9.00. The molecule has 80 valence electrons. The predicted molar refractivity (Wildman–Crippen MR) is 43.1 cm³/mol. The average molecular weight is 267 g/mol. The maximum absolute atomic E-state index is 9.00. The van der Waals surface area contributed by atoms with Crippen molar-refractivity contribution in [2.45, 2.75) is 0 Å². The first-order chi connectivity index (χ1) is 3.73. The van der Waals surface area contributed by atoms with E-state index in [1.165, 1.54) is 0 Å². The van der Waals surface area contributed by atoms with Crippen LogP contribution in [0.4, 0.5) is 4.79 Å². The van der Waals surface area contributed by atoms with Crippen molar-refractivity contribution in [2.75, 3.05) is 0 Å². The van der Waals surface area contributed by atoms with Crippen LogP contribution < -0.4 is 80.0 Å². The van der Waals surface area contributed by atoms with Gasteiger partial charge in [-0.15, -0.1) is 12.4 Å². The third kappa shape index (κ3) is 1110. The summed E-state index contributed by atoms with van der Waals surface area (Å²) in [4.78, 5) is 31.9. The van der Waals surface area contributed by atoms with Gasteiger partial charge in [0.05, 0.1) is 0 Å². The molecule has 2 amide bonds. The largest absolute Gasteiger partial charge is 1.00 e. The van der Waals surface area contributed by atoms with E-state index in [-0.39, 0.29) is 76.1 Å². The number of nitrogens with two attached hydrogens (primary N) is 2. The Kier molecular flexibility index (Phi) is 53.5. The molecular weight excluding hydrogens is 254 g/mol. The third-order valence-electron chi connectivity index (χ3n) is 0. The number of phosphoric acid groups is 1. The first-order valence-electron chi connectivity index (χ1n) is 1.55. The smallest absolute Gasteiger partial charge is 0.756 e. The topological polar surface area (TPSA) is 220 Å². The number of urea groups is 1. The van der Waals surface area contributed by atoms with Gasteiger partial charge in [0.1, 0.15) is 0 Å². The Hall–Kier alpha value is 1.23. The monoisotopic (exact) mass is 266 g/mol. The number of rotatable bonds is 0. The fraction of sp³-hybridized carbons (Fsp3) is 0. The van der Waals surface area contributed by atoms with Crippen molar-refractivity contribution in [3.8, 4) is 0 Å². The number of hydrogen-bond acceptors (Lipinski definition) is 5. The van der Waals surface area contributed by atoms with Crippen molar-refractivity contribution >= 4 is 26.3 Å². The molecular formula is CH13ClKN4O5P. The SMILES string of the molecule is Cl.N.N.NC(N)=O.O=P([O-])(O)O.[K+]. The summed E-state index contributed by atoms with van der Waals surface area (Å²) < 4.78 is 8.77. The summed E-state index contributed by atoms with van der Waals surface area (Å²) in [6, 6.07) is -0.833. The van der Waals surface area contributed by atoms with E-state index < -0.39 is 13.9 Å². The molecule has 0 aliphatic rings. The number of primary amides is 2. The first kappa shape index (κ1) is 36.8. The maximum Gasteiger partial charge on any atom is 1.00 e. The molecule has 12 heteroatoms. The van der Waals surface area contributed by atoms with Crippen molar-refractivity contribution in [1.29, 1.82) is 0 Å². The van der Waals surface area contributed by atoms with Gasteiger partial charge in [-0.2, -0.15) is 0 Å². The van der Waals surface area contributed by atoms with Crippen LogP contribution in [0.3, 0.4) is 0 Å². The van der Waals surface area contributed by atoms with E-state index in [2.05, 4.69) is 11.5 Å². The van der Waals surface area contributed by atoms with Crippen molar-refractivity contribution in [3.05, 3.63) is 0 Å². The number of carbonyl (C=O) groups excluding carboxylic acids is 1. The van der Waals surface area contributed by atoms with E-state index in [9.17, 15) is 0 Å². The molecule has 0 fully saturated rings. The Bertz CT molecular complexity index is 128. The predicted octanol–water partition coefficient (Wildman–Crippen LogP) is -4.79. The van der Waals surface area contributed by atoms with E-state index in [4.69, 9.17) is 24.0 Å². The number of amides is 2. The molecule has 0 bridgehead atoms. The molecule has 13 heavy (non-hydrogen) atoms.